The van der Waals surface area contributed by atoms with Crippen LogP contribution < -0.4 is 5.32 Å². The molecule has 1 N–H and O–H groups in total. The monoisotopic (exact) mass is 349 g/mol. The predicted molar refractivity (Wildman–Crippen MR) is 85.6 cm³/mol. The summed E-state index contributed by atoms with van der Waals surface area (Å²) in [7, 11) is 2.01. The molecule has 0 bridgehead atoms. The van der Waals surface area contributed by atoms with Crippen LogP contribution in [0.25, 0.3) is 0 Å². The first-order chi connectivity index (χ1) is 10.3. The Morgan fingerprint density at radius 3 is 2.81 bits per heavy atom. The summed E-state index contributed by atoms with van der Waals surface area (Å²) in [5.41, 5.74) is 2.47. The highest BCUT2D eigenvalue weighted by Gasteiger charge is 2.31. The Hall–Kier alpha value is -1.30. The van der Waals surface area contributed by atoms with E-state index in [9.17, 15) is 0 Å². The molecule has 0 amide bonds. The molecule has 1 unspecified atom stereocenters. The van der Waals surface area contributed by atoms with Crippen LogP contribution in [0.3, 0.4) is 0 Å². The molecule has 0 radical (unpaired) electrons. The number of aromatic nitrogens is 4. The van der Waals surface area contributed by atoms with E-state index in [0.29, 0.717) is 5.92 Å². The zero-order chi connectivity index (χ0) is 14.4. The SMILES string of the molecule is Cn1nccc1C1CCNc2c(Br)c(C3CCCC3)nn21. The normalized spacial score (nSPS) is 22.3. The molecule has 2 aliphatic rings. The summed E-state index contributed by atoms with van der Waals surface area (Å²) >= 11 is 3.79. The summed E-state index contributed by atoms with van der Waals surface area (Å²) in [5, 5.41) is 12.8. The van der Waals surface area contributed by atoms with Crippen LogP contribution in [0, 0.1) is 0 Å². The Bertz CT molecular complexity index is 653. The first-order valence-corrected chi connectivity index (χ1v) is 8.54. The van der Waals surface area contributed by atoms with Crippen molar-refractivity contribution in [2.45, 2.75) is 44.1 Å². The number of nitrogens with zero attached hydrogens (tertiary/aromatic N) is 4. The van der Waals surface area contributed by atoms with Gasteiger partial charge in [0.1, 0.15) is 5.82 Å². The summed E-state index contributed by atoms with van der Waals surface area (Å²) in [4.78, 5) is 0. The Morgan fingerprint density at radius 1 is 1.29 bits per heavy atom. The fraction of sp³-hybridized carbons (Fsp3) is 0.600. The molecule has 1 aliphatic heterocycles. The topological polar surface area (TPSA) is 47.7 Å². The van der Waals surface area contributed by atoms with E-state index >= 15 is 0 Å². The van der Waals surface area contributed by atoms with Crippen LogP contribution in [-0.4, -0.2) is 26.1 Å². The van der Waals surface area contributed by atoms with Crippen molar-refractivity contribution >= 4 is 21.7 Å². The van der Waals surface area contributed by atoms with Gasteiger partial charge >= 0.3 is 0 Å². The third-order valence-corrected chi connectivity index (χ3v) is 5.61. The zero-order valence-electron chi connectivity index (χ0n) is 12.2. The summed E-state index contributed by atoms with van der Waals surface area (Å²) in [5.74, 6) is 1.75. The van der Waals surface area contributed by atoms with Crippen LogP contribution >= 0.6 is 15.9 Å². The van der Waals surface area contributed by atoms with E-state index in [0.717, 1.165) is 18.8 Å². The Kier molecular flexibility index (Phi) is 3.28. The van der Waals surface area contributed by atoms with Gasteiger partial charge in [-0.05, 0) is 41.3 Å². The first-order valence-electron chi connectivity index (χ1n) is 7.75. The zero-order valence-corrected chi connectivity index (χ0v) is 13.8. The summed E-state index contributed by atoms with van der Waals surface area (Å²) in [6, 6.07) is 2.38. The molecule has 5 nitrogen and oxygen atoms in total. The first kappa shape index (κ1) is 13.4. The van der Waals surface area contributed by atoms with Crippen molar-refractivity contribution in [2.75, 3.05) is 11.9 Å². The molecule has 6 heteroatoms. The van der Waals surface area contributed by atoms with E-state index < -0.39 is 0 Å². The molecule has 0 aromatic carbocycles. The maximum atomic E-state index is 4.98. The quantitative estimate of drug-likeness (QED) is 0.903. The van der Waals surface area contributed by atoms with Crippen molar-refractivity contribution in [3.63, 3.8) is 0 Å². The minimum absolute atomic E-state index is 0.278. The van der Waals surface area contributed by atoms with Crippen molar-refractivity contribution in [1.29, 1.82) is 0 Å². The van der Waals surface area contributed by atoms with E-state index in [-0.39, 0.29) is 6.04 Å². The van der Waals surface area contributed by atoms with Crippen molar-refractivity contribution in [3.8, 4) is 0 Å². The van der Waals surface area contributed by atoms with Gasteiger partial charge in [-0.15, -0.1) is 0 Å². The van der Waals surface area contributed by atoms with Gasteiger partial charge in [-0.2, -0.15) is 10.2 Å². The minimum Gasteiger partial charge on any atom is -0.369 e. The van der Waals surface area contributed by atoms with E-state index in [1.165, 1.54) is 41.5 Å². The van der Waals surface area contributed by atoms with Crippen LogP contribution in [-0.2, 0) is 7.05 Å². The number of fused-ring (bicyclic) bond motifs is 1. The van der Waals surface area contributed by atoms with E-state index in [1.54, 1.807) is 0 Å². The standard InChI is InChI=1S/C15H20BrN5/c1-20-11(7-9-18-20)12-6-8-17-15-13(16)14(19-21(12)15)10-4-2-3-5-10/h7,9-10,12,17H,2-6,8H2,1H3. The van der Waals surface area contributed by atoms with E-state index in [1.807, 2.05) is 17.9 Å². The average Bonchev–Trinajstić information content (AvgIpc) is 3.19. The molecule has 4 rings (SSSR count). The highest BCUT2D eigenvalue weighted by Crippen LogP contribution is 2.42. The molecule has 2 aromatic rings. The molecule has 112 valence electrons. The van der Waals surface area contributed by atoms with Gasteiger partial charge in [0, 0.05) is 25.7 Å². The van der Waals surface area contributed by atoms with Crippen LogP contribution in [0.15, 0.2) is 16.7 Å². The summed E-state index contributed by atoms with van der Waals surface area (Å²) < 4.78 is 5.30. The molecule has 0 spiro atoms. The minimum atomic E-state index is 0.278. The molecule has 2 aromatic heterocycles. The highest BCUT2D eigenvalue weighted by molar-refractivity contribution is 9.10. The summed E-state index contributed by atoms with van der Waals surface area (Å²) in [6.07, 6.45) is 8.12. The van der Waals surface area contributed by atoms with E-state index in [4.69, 9.17) is 5.10 Å². The van der Waals surface area contributed by atoms with Crippen LogP contribution in [0.1, 0.15) is 55.5 Å². The van der Waals surface area contributed by atoms with Gasteiger partial charge in [0.15, 0.2) is 0 Å². The lowest BCUT2D eigenvalue weighted by Gasteiger charge is -2.25. The number of nitrogens with one attached hydrogen (secondary N) is 1. The second kappa shape index (κ2) is 5.16. The lowest BCUT2D eigenvalue weighted by atomic mass is 10.0. The fourth-order valence-corrected chi connectivity index (χ4v) is 4.43. The molecule has 1 saturated carbocycles. The molecule has 1 atom stereocenters. The largest absolute Gasteiger partial charge is 0.369 e. The molecule has 1 aliphatic carbocycles. The smallest absolute Gasteiger partial charge is 0.139 e. The van der Waals surface area contributed by atoms with Crippen molar-refractivity contribution in [1.82, 2.24) is 19.6 Å². The number of hydrogen-bond donors (Lipinski definition) is 1. The number of hydrogen-bond acceptors (Lipinski definition) is 3. The molecule has 1 fully saturated rings. The van der Waals surface area contributed by atoms with Crippen molar-refractivity contribution < 1.29 is 0 Å². The lowest BCUT2D eigenvalue weighted by Crippen LogP contribution is -2.26. The van der Waals surface area contributed by atoms with Gasteiger partial charge < -0.3 is 5.32 Å². The van der Waals surface area contributed by atoms with Crippen LogP contribution in [0.5, 0.6) is 0 Å². The number of anilines is 1. The second-order valence-electron chi connectivity index (χ2n) is 6.08. The molecular weight excluding hydrogens is 330 g/mol. The van der Waals surface area contributed by atoms with Gasteiger partial charge in [-0.3, -0.25) is 4.68 Å². The third kappa shape index (κ3) is 2.11. The maximum absolute atomic E-state index is 4.98. The fourth-order valence-electron chi connectivity index (χ4n) is 3.71. The molecular formula is C15H20BrN5. The molecule has 21 heavy (non-hydrogen) atoms. The molecule has 3 heterocycles. The van der Waals surface area contributed by atoms with Gasteiger partial charge in [0.25, 0.3) is 0 Å². The molecule has 0 saturated heterocycles. The number of aryl methyl sites for hydroxylation is 1. The van der Waals surface area contributed by atoms with Gasteiger partial charge in [0.2, 0.25) is 0 Å². The Balaban J connectivity index is 1.77. The van der Waals surface area contributed by atoms with Crippen molar-refractivity contribution in [2.24, 2.45) is 7.05 Å². The predicted octanol–water partition coefficient (Wildman–Crippen LogP) is 3.44. The van der Waals surface area contributed by atoms with E-state index in [2.05, 4.69) is 37.1 Å². The third-order valence-electron chi connectivity index (χ3n) is 4.82. The average molecular weight is 350 g/mol. The summed E-state index contributed by atoms with van der Waals surface area (Å²) in [6.45, 7) is 0.976. The van der Waals surface area contributed by atoms with Gasteiger partial charge in [-0.25, -0.2) is 4.68 Å². The van der Waals surface area contributed by atoms with Crippen molar-refractivity contribution in [3.05, 3.63) is 28.1 Å². The van der Waals surface area contributed by atoms with Crippen LogP contribution in [0.2, 0.25) is 0 Å². The second-order valence-corrected chi connectivity index (χ2v) is 6.88. The highest BCUT2D eigenvalue weighted by atomic mass is 79.9. The maximum Gasteiger partial charge on any atom is 0.139 e. The van der Waals surface area contributed by atoms with Gasteiger partial charge in [-0.1, -0.05) is 12.8 Å². The Labute approximate surface area is 132 Å². The van der Waals surface area contributed by atoms with Gasteiger partial charge in [0.05, 0.1) is 21.9 Å². The Morgan fingerprint density at radius 2 is 2.10 bits per heavy atom. The van der Waals surface area contributed by atoms with Crippen LogP contribution in [0.4, 0.5) is 5.82 Å². The number of rotatable bonds is 2. The lowest BCUT2D eigenvalue weighted by molar-refractivity contribution is 0.446. The number of halogens is 1.